The van der Waals surface area contributed by atoms with E-state index in [0.717, 1.165) is 0 Å². The average molecular weight is 370 g/mol. The van der Waals surface area contributed by atoms with Crippen LogP contribution in [0, 0.1) is 24.7 Å². The minimum atomic E-state index is -3.83. The molecular formula is C12H20O9P2. The predicted molar refractivity (Wildman–Crippen MR) is 81.0 cm³/mol. The molecule has 0 aromatic rings. The molecule has 0 saturated carbocycles. The Morgan fingerprint density at radius 1 is 0.739 bits per heavy atom. The van der Waals surface area contributed by atoms with E-state index in [1.807, 2.05) is 0 Å². The highest BCUT2D eigenvalue weighted by Gasteiger charge is 2.27. The van der Waals surface area contributed by atoms with Crippen LogP contribution in [0.25, 0.3) is 0 Å². The highest BCUT2D eigenvalue weighted by Crippen LogP contribution is 2.50. The normalized spacial score (nSPS) is 16.0. The molecule has 0 fully saturated rings. The Hall–Kier alpha value is -0.700. The standard InChI is InChI=1S/C12H20O9P2/c1-5-9-18-22(13,16-7-3)20-11-15-12-21-23(14,17-8-4)19-10-6-2/h1-2H,7-12H2,3-4H3. The van der Waals surface area contributed by atoms with Crippen LogP contribution in [0.3, 0.4) is 0 Å². The van der Waals surface area contributed by atoms with Gasteiger partial charge in [-0.25, -0.2) is 9.13 Å². The molecule has 0 amide bonds. The number of ether oxygens (including phenoxy) is 1. The van der Waals surface area contributed by atoms with Gasteiger partial charge in [0.05, 0.1) is 13.2 Å². The van der Waals surface area contributed by atoms with E-state index >= 15 is 0 Å². The Labute approximate surface area is 136 Å². The first-order valence-corrected chi connectivity index (χ1v) is 9.39. The van der Waals surface area contributed by atoms with Crippen molar-refractivity contribution in [3.63, 3.8) is 0 Å². The molecule has 2 unspecified atom stereocenters. The zero-order valence-corrected chi connectivity index (χ0v) is 14.8. The summed E-state index contributed by atoms with van der Waals surface area (Å²) < 4.78 is 57.7. The van der Waals surface area contributed by atoms with Crippen LogP contribution >= 0.6 is 15.6 Å². The van der Waals surface area contributed by atoms with Gasteiger partial charge < -0.3 is 4.74 Å². The molecule has 0 aliphatic rings. The second-order valence-corrected chi connectivity index (χ2v) is 6.72. The van der Waals surface area contributed by atoms with E-state index in [9.17, 15) is 9.13 Å². The third-order valence-electron chi connectivity index (χ3n) is 1.77. The van der Waals surface area contributed by atoms with Crippen molar-refractivity contribution in [2.45, 2.75) is 13.8 Å². The molecule has 0 bridgehead atoms. The van der Waals surface area contributed by atoms with Gasteiger partial charge in [0.1, 0.15) is 13.2 Å². The topological polar surface area (TPSA) is 98.8 Å². The van der Waals surface area contributed by atoms with Crippen molar-refractivity contribution >= 4 is 15.6 Å². The Bertz CT molecular complexity index is 450. The minimum absolute atomic E-state index is 0.0812. The van der Waals surface area contributed by atoms with Crippen LogP contribution < -0.4 is 0 Å². The molecule has 0 aliphatic carbocycles. The molecule has 2 atom stereocenters. The number of phosphoric acid groups is 2. The zero-order chi connectivity index (χ0) is 17.6. The number of rotatable bonds is 14. The van der Waals surface area contributed by atoms with Gasteiger partial charge in [0.25, 0.3) is 0 Å². The number of terminal acetylenes is 2. The molecule has 9 nitrogen and oxygen atoms in total. The summed E-state index contributed by atoms with van der Waals surface area (Å²) in [5.74, 6) is 4.26. The van der Waals surface area contributed by atoms with Crippen molar-refractivity contribution < 1.29 is 41.0 Å². The molecule has 0 radical (unpaired) electrons. The van der Waals surface area contributed by atoms with Crippen LogP contribution in [0.2, 0.25) is 0 Å². The van der Waals surface area contributed by atoms with E-state index < -0.39 is 29.2 Å². The summed E-state index contributed by atoms with van der Waals surface area (Å²) in [6.45, 7) is 1.79. The second-order valence-electron chi connectivity index (χ2n) is 3.38. The monoisotopic (exact) mass is 370 g/mol. The summed E-state index contributed by atoms with van der Waals surface area (Å²) in [6.07, 6.45) is 9.99. The van der Waals surface area contributed by atoms with Crippen molar-refractivity contribution in [3.8, 4) is 24.7 Å². The van der Waals surface area contributed by atoms with Gasteiger partial charge in [-0.3, -0.25) is 27.1 Å². The fourth-order valence-electron chi connectivity index (χ4n) is 1.01. The maximum absolute atomic E-state index is 12.0. The van der Waals surface area contributed by atoms with Crippen LogP contribution in [0.1, 0.15) is 13.8 Å². The van der Waals surface area contributed by atoms with E-state index in [1.165, 1.54) is 0 Å². The van der Waals surface area contributed by atoms with Gasteiger partial charge in [-0.1, -0.05) is 11.8 Å². The van der Waals surface area contributed by atoms with Gasteiger partial charge in [-0.05, 0) is 13.8 Å². The summed E-state index contributed by atoms with van der Waals surface area (Å²) in [5.41, 5.74) is 0. The van der Waals surface area contributed by atoms with Gasteiger partial charge in [-0.15, -0.1) is 12.8 Å². The quantitative estimate of drug-likeness (QED) is 0.198. The molecule has 0 aromatic carbocycles. The number of phosphoric ester groups is 2. The molecule has 0 saturated heterocycles. The van der Waals surface area contributed by atoms with Crippen molar-refractivity contribution in [1.29, 1.82) is 0 Å². The summed E-state index contributed by atoms with van der Waals surface area (Å²) >= 11 is 0. The van der Waals surface area contributed by atoms with Crippen molar-refractivity contribution in [3.05, 3.63) is 0 Å². The molecular weight excluding hydrogens is 350 g/mol. The van der Waals surface area contributed by atoms with Crippen LogP contribution in [0.4, 0.5) is 0 Å². The first-order chi connectivity index (χ1) is 10.9. The van der Waals surface area contributed by atoms with Crippen LogP contribution in [-0.2, 0) is 41.0 Å². The number of hydrogen-bond donors (Lipinski definition) is 0. The third kappa shape index (κ3) is 10.6. The molecule has 0 N–H and O–H groups in total. The van der Waals surface area contributed by atoms with Crippen molar-refractivity contribution in [1.82, 2.24) is 0 Å². The maximum Gasteiger partial charge on any atom is 0.477 e. The molecule has 23 heavy (non-hydrogen) atoms. The molecule has 11 heteroatoms. The SMILES string of the molecule is C#CCOP(=O)(OCC)OCOCOP(=O)(OCC)OCC#C. The lowest BCUT2D eigenvalue weighted by atomic mass is 10.8. The van der Waals surface area contributed by atoms with Gasteiger partial charge in [-0.2, -0.15) is 0 Å². The van der Waals surface area contributed by atoms with Crippen LogP contribution in [-0.4, -0.2) is 40.0 Å². The van der Waals surface area contributed by atoms with Gasteiger partial charge in [0.15, 0.2) is 13.6 Å². The molecule has 132 valence electrons. The minimum Gasteiger partial charge on any atom is -0.328 e. The van der Waals surface area contributed by atoms with Crippen molar-refractivity contribution in [2.24, 2.45) is 0 Å². The maximum atomic E-state index is 12.0. The van der Waals surface area contributed by atoms with Gasteiger partial charge in [0, 0.05) is 0 Å². The lowest BCUT2D eigenvalue weighted by molar-refractivity contribution is -0.0777. The number of hydrogen-bond acceptors (Lipinski definition) is 9. The zero-order valence-electron chi connectivity index (χ0n) is 13.0. The predicted octanol–water partition coefficient (Wildman–Crippen LogP) is 2.54. The smallest absolute Gasteiger partial charge is 0.328 e. The Kier molecular flexibility index (Phi) is 12.3. The van der Waals surface area contributed by atoms with Crippen LogP contribution in [0.5, 0.6) is 0 Å². The Morgan fingerprint density at radius 2 is 1.13 bits per heavy atom. The third-order valence-corrected chi connectivity index (χ3v) is 4.66. The lowest BCUT2D eigenvalue weighted by Crippen LogP contribution is -2.08. The Morgan fingerprint density at radius 3 is 1.43 bits per heavy atom. The molecule has 0 rings (SSSR count). The van der Waals surface area contributed by atoms with E-state index in [4.69, 9.17) is 44.7 Å². The fourth-order valence-corrected chi connectivity index (χ4v) is 2.96. The van der Waals surface area contributed by atoms with E-state index in [0.29, 0.717) is 0 Å². The molecule has 0 aliphatic heterocycles. The average Bonchev–Trinajstić information content (AvgIpc) is 2.51. The van der Waals surface area contributed by atoms with E-state index in [2.05, 4.69) is 11.8 Å². The molecule has 0 aromatic heterocycles. The largest absolute Gasteiger partial charge is 0.477 e. The first kappa shape index (κ1) is 22.3. The summed E-state index contributed by atoms with van der Waals surface area (Å²) in [5, 5.41) is 0. The highest BCUT2D eigenvalue weighted by atomic mass is 31.2. The fraction of sp³-hybridized carbons (Fsp3) is 0.667. The van der Waals surface area contributed by atoms with Gasteiger partial charge >= 0.3 is 15.6 Å². The molecule has 0 heterocycles. The first-order valence-electron chi connectivity index (χ1n) is 6.47. The van der Waals surface area contributed by atoms with Gasteiger partial charge in [0.2, 0.25) is 0 Å². The Balaban J connectivity index is 4.22. The highest BCUT2D eigenvalue weighted by molar-refractivity contribution is 7.48. The molecule has 0 spiro atoms. The lowest BCUT2D eigenvalue weighted by Gasteiger charge is -2.17. The van der Waals surface area contributed by atoms with Crippen molar-refractivity contribution in [2.75, 3.05) is 40.0 Å². The summed E-state index contributed by atoms with van der Waals surface area (Å²) in [4.78, 5) is 0. The summed E-state index contributed by atoms with van der Waals surface area (Å²) in [7, 11) is -7.66. The van der Waals surface area contributed by atoms with E-state index in [1.54, 1.807) is 13.8 Å². The second kappa shape index (κ2) is 12.7. The summed E-state index contributed by atoms with van der Waals surface area (Å²) in [6, 6.07) is 0. The van der Waals surface area contributed by atoms with Crippen LogP contribution in [0.15, 0.2) is 0 Å². The van der Waals surface area contributed by atoms with E-state index in [-0.39, 0.29) is 26.4 Å².